The van der Waals surface area contributed by atoms with Crippen molar-refractivity contribution in [2.45, 2.75) is 13.3 Å². The molecule has 0 aliphatic rings. The van der Waals surface area contributed by atoms with Crippen molar-refractivity contribution >= 4 is 5.71 Å². The molecule has 0 spiro atoms. The van der Waals surface area contributed by atoms with Crippen LogP contribution in [0.4, 0.5) is 0 Å². The summed E-state index contributed by atoms with van der Waals surface area (Å²) in [5.74, 6) is 0. The lowest BCUT2D eigenvalue weighted by atomic mass is 10.0. The van der Waals surface area contributed by atoms with E-state index in [2.05, 4.69) is 18.2 Å². The van der Waals surface area contributed by atoms with E-state index in [4.69, 9.17) is 5.41 Å². The summed E-state index contributed by atoms with van der Waals surface area (Å²) in [5, 5.41) is 8.13. The molecular formula is C17H17N. The summed E-state index contributed by atoms with van der Waals surface area (Å²) in [7, 11) is 0. The summed E-state index contributed by atoms with van der Waals surface area (Å²) >= 11 is 0. The third-order valence-electron chi connectivity index (χ3n) is 2.94. The van der Waals surface area contributed by atoms with Crippen LogP contribution in [0.1, 0.15) is 18.1 Å². The van der Waals surface area contributed by atoms with Crippen molar-refractivity contribution in [1.29, 1.82) is 5.41 Å². The molecule has 2 aromatic rings. The Hall–Kier alpha value is -2.15. The predicted octanol–water partition coefficient (Wildman–Crippen LogP) is 4.24. The number of allylic oxidation sites excluding steroid dienone is 2. The van der Waals surface area contributed by atoms with Gasteiger partial charge in [-0.2, -0.15) is 0 Å². The van der Waals surface area contributed by atoms with Gasteiger partial charge in [-0.15, -0.1) is 0 Å². The number of nitrogens with one attached hydrogen (secondary N) is 1. The lowest BCUT2D eigenvalue weighted by molar-refractivity contribution is 1.24. The summed E-state index contributed by atoms with van der Waals surface area (Å²) < 4.78 is 0. The smallest absolute Gasteiger partial charge is 0.0638 e. The standard InChI is InChI=1S/C17H17N/c1-14(12-13-15-8-4-2-5-9-15)17(18)16-10-6-3-7-11-16/h2-12,18H,13H2,1H3/b14-12-,18-17?. The molecule has 0 radical (unpaired) electrons. The minimum Gasteiger partial charge on any atom is -0.300 e. The maximum Gasteiger partial charge on any atom is 0.0638 e. The molecule has 0 heterocycles. The molecule has 18 heavy (non-hydrogen) atoms. The lowest BCUT2D eigenvalue weighted by Crippen LogP contribution is -2.00. The first kappa shape index (κ1) is 12.3. The Balaban J connectivity index is 2.08. The van der Waals surface area contributed by atoms with Gasteiger partial charge < -0.3 is 5.41 Å². The van der Waals surface area contributed by atoms with Crippen molar-refractivity contribution in [2.75, 3.05) is 0 Å². The molecule has 1 nitrogen and oxygen atoms in total. The fourth-order valence-corrected chi connectivity index (χ4v) is 1.82. The van der Waals surface area contributed by atoms with Crippen LogP contribution in [0, 0.1) is 5.41 Å². The first-order chi connectivity index (χ1) is 8.77. The molecule has 0 aliphatic carbocycles. The zero-order chi connectivity index (χ0) is 12.8. The molecule has 1 N–H and O–H groups in total. The van der Waals surface area contributed by atoms with E-state index in [1.807, 2.05) is 55.5 Å². The molecule has 90 valence electrons. The largest absolute Gasteiger partial charge is 0.300 e. The van der Waals surface area contributed by atoms with Gasteiger partial charge in [0.15, 0.2) is 0 Å². The lowest BCUT2D eigenvalue weighted by Gasteiger charge is -2.04. The fraction of sp³-hybridized carbons (Fsp3) is 0.118. The summed E-state index contributed by atoms with van der Waals surface area (Å²) in [5.41, 5.74) is 3.87. The molecule has 0 aromatic heterocycles. The van der Waals surface area contributed by atoms with Crippen LogP contribution in [-0.4, -0.2) is 5.71 Å². The van der Waals surface area contributed by atoms with Gasteiger partial charge in [0.05, 0.1) is 5.71 Å². The van der Waals surface area contributed by atoms with Crippen molar-refractivity contribution in [3.63, 3.8) is 0 Å². The van der Waals surface area contributed by atoms with E-state index < -0.39 is 0 Å². The van der Waals surface area contributed by atoms with E-state index in [1.165, 1.54) is 5.56 Å². The Kier molecular flexibility index (Phi) is 4.08. The Morgan fingerprint density at radius 2 is 1.50 bits per heavy atom. The molecule has 0 saturated carbocycles. The zero-order valence-corrected chi connectivity index (χ0v) is 10.6. The summed E-state index contributed by atoms with van der Waals surface area (Å²) in [4.78, 5) is 0. The van der Waals surface area contributed by atoms with Crippen LogP contribution in [0.5, 0.6) is 0 Å². The zero-order valence-electron chi connectivity index (χ0n) is 10.6. The molecule has 0 amide bonds. The topological polar surface area (TPSA) is 23.9 Å². The van der Waals surface area contributed by atoms with Gasteiger partial charge in [-0.1, -0.05) is 66.7 Å². The third kappa shape index (κ3) is 3.17. The normalized spacial score (nSPS) is 11.3. The van der Waals surface area contributed by atoms with Crippen LogP contribution in [-0.2, 0) is 6.42 Å². The van der Waals surface area contributed by atoms with Crippen molar-refractivity contribution in [3.8, 4) is 0 Å². The van der Waals surface area contributed by atoms with Crippen LogP contribution in [0.25, 0.3) is 0 Å². The molecular weight excluding hydrogens is 218 g/mol. The monoisotopic (exact) mass is 235 g/mol. The van der Waals surface area contributed by atoms with Crippen LogP contribution in [0.2, 0.25) is 0 Å². The maximum absolute atomic E-state index is 8.13. The molecule has 0 unspecified atom stereocenters. The van der Waals surface area contributed by atoms with Crippen molar-refractivity contribution in [3.05, 3.63) is 83.4 Å². The summed E-state index contributed by atoms with van der Waals surface area (Å²) in [6, 6.07) is 20.2. The van der Waals surface area contributed by atoms with Crippen LogP contribution in [0.3, 0.4) is 0 Å². The Labute approximate surface area is 108 Å². The Bertz CT molecular complexity index is 538. The molecule has 0 aliphatic heterocycles. The van der Waals surface area contributed by atoms with E-state index in [0.717, 1.165) is 17.6 Å². The van der Waals surface area contributed by atoms with Gasteiger partial charge in [-0.05, 0) is 30.0 Å². The highest BCUT2D eigenvalue weighted by atomic mass is 14.4. The number of hydrogen-bond acceptors (Lipinski definition) is 1. The molecule has 2 rings (SSSR count). The third-order valence-corrected chi connectivity index (χ3v) is 2.94. The van der Waals surface area contributed by atoms with Crippen LogP contribution in [0.15, 0.2) is 72.3 Å². The van der Waals surface area contributed by atoms with Gasteiger partial charge in [-0.25, -0.2) is 0 Å². The average molecular weight is 235 g/mol. The molecule has 0 atom stereocenters. The SMILES string of the molecule is C/C(=C/Cc1ccccc1)C(=N)c1ccccc1. The van der Waals surface area contributed by atoms with Crippen molar-refractivity contribution in [1.82, 2.24) is 0 Å². The van der Waals surface area contributed by atoms with E-state index >= 15 is 0 Å². The molecule has 0 saturated heterocycles. The average Bonchev–Trinajstić information content (AvgIpc) is 2.46. The van der Waals surface area contributed by atoms with Crippen LogP contribution < -0.4 is 0 Å². The van der Waals surface area contributed by atoms with E-state index in [9.17, 15) is 0 Å². The second kappa shape index (κ2) is 5.97. The quantitative estimate of drug-likeness (QED) is 0.766. The van der Waals surface area contributed by atoms with Gasteiger partial charge in [0.2, 0.25) is 0 Å². The second-order valence-electron chi connectivity index (χ2n) is 4.32. The number of rotatable bonds is 4. The number of hydrogen-bond donors (Lipinski definition) is 1. The van der Waals surface area contributed by atoms with Gasteiger partial charge in [0.25, 0.3) is 0 Å². The van der Waals surface area contributed by atoms with Gasteiger partial charge in [0, 0.05) is 0 Å². The predicted molar refractivity (Wildman–Crippen MR) is 77.2 cm³/mol. The van der Waals surface area contributed by atoms with E-state index in [1.54, 1.807) is 0 Å². The summed E-state index contributed by atoms with van der Waals surface area (Å²) in [6.45, 7) is 2.00. The van der Waals surface area contributed by atoms with Crippen LogP contribution >= 0.6 is 0 Å². The van der Waals surface area contributed by atoms with E-state index in [0.29, 0.717) is 5.71 Å². The fourth-order valence-electron chi connectivity index (χ4n) is 1.82. The minimum absolute atomic E-state index is 0.603. The molecule has 2 aromatic carbocycles. The second-order valence-corrected chi connectivity index (χ2v) is 4.32. The molecule has 0 fully saturated rings. The Morgan fingerprint density at radius 3 is 2.11 bits per heavy atom. The van der Waals surface area contributed by atoms with Crippen molar-refractivity contribution < 1.29 is 0 Å². The highest BCUT2D eigenvalue weighted by Crippen LogP contribution is 2.09. The number of benzene rings is 2. The highest BCUT2D eigenvalue weighted by Gasteiger charge is 2.02. The van der Waals surface area contributed by atoms with Crippen molar-refractivity contribution in [2.24, 2.45) is 0 Å². The maximum atomic E-state index is 8.13. The summed E-state index contributed by atoms with van der Waals surface area (Å²) in [6.07, 6.45) is 2.99. The first-order valence-electron chi connectivity index (χ1n) is 6.12. The molecule has 0 bridgehead atoms. The van der Waals surface area contributed by atoms with Gasteiger partial charge in [-0.3, -0.25) is 0 Å². The van der Waals surface area contributed by atoms with E-state index in [-0.39, 0.29) is 0 Å². The van der Waals surface area contributed by atoms with Gasteiger partial charge in [0.1, 0.15) is 0 Å². The highest BCUT2D eigenvalue weighted by molar-refractivity contribution is 6.10. The minimum atomic E-state index is 0.603. The molecule has 1 heteroatoms. The Morgan fingerprint density at radius 1 is 0.944 bits per heavy atom. The van der Waals surface area contributed by atoms with Gasteiger partial charge >= 0.3 is 0 Å². The first-order valence-corrected chi connectivity index (χ1v) is 6.12.